The van der Waals surface area contributed by atoms with E-state index < -0.39 is 0 Å². The molecule has 0 saturated carbocycles. The first-order valence-electron chi connectivity index (χ1n) is 7.68. The standard InChI is InChI=1S/C17H29NO/c1-4-13-18-14-7-5-6-8-16-9-11-17(12-10-16)19-15(2)3/h9-12,15,18H,4-8,13-14H2,1-3H3. The number of aryl methyl sites for hydroxylation is 1. The molecule has 0 radical (unpaired) electrons. The minimum atomic E-state index is 0.251. The van der Waals surface area contributed by atoms with Crippen LogP contribution in [0.2, 0.25) is 0 Å². The van der Waals surface area contributed by atoms with Gasteiger partial charge in [-0.1, -0.05) is 25.5 Å². The van der Waals surface area contributed by atoms with Crippen LogP contribution in [0.25, 0.3) is 0 Å². The van der Waals surface area contributed by atoms with Crippen LogP contribution in [0.1, 0.15) is 52.0 Å². The van der Waals surface area contributed by atoms with Gasteiger partial charge in [0.05, 0.1) is 6.10 Å². The maximum Gasteiger partial charge on any atom is 0.119 e. The van der Waals surface area contributed by atoms with Crippen molar-refractivity contribution >= 4 is 0 Å². The van der Waals surface area contributed by atoms with E-state index in [0.29, 0.717) is 0 Å². The lowest BCUT2D eigenvalue weighted by Crippen LogP contribution is -2.15. The molecule has 1 N–H and O–H groups in total. The molecule has 0 heterocycles. The van der Waals surface area contributed by atoms with Crippen molar-refractivity contribution in [2.45, 2.75) is 59.0 Å². The predicted octanol–water partition coefficient (Wildman–Crippen LogP) is 4.19. The quantitative estimate of drug-likeness (QED) is 0.639. The van der Waals surface area contributed by atoms with E-state index in [1.807, 2.05) is 0 Å². The van der Waals surface area contributed by atoms with Crippen LogP contribution in [-0.2, 0) is 6.42 Å². The molecule has 0 aliphatic carbocycles. The summed E-state index contributed by atoms with van der Waals surface area (Å²) in [4.78, 5) is 0. The van der Waals surface area contributed by atoms with Crippen molar-refractivity contribution in [3.8, 4) is 5.75 Å². The second-order valence-corrected chi connectivity index (χ2v) is 5.37. The van der Waals surface area contributed by atoms with E-state index in [9.17, 15) is 0 Å². The molecule has 0 bridgehead atoms. The first-order chi connectivity index (χ1) is 9.22. The van der Waals surface area contributed by atoms with Crippen molar-refractivity contribution in [1.82, 2.24) is 5.32 Å². The largest absolute Gasteiger partial charge is 0.491 e. The fourth-order valence-corrected chi connectivity index (χ4v) is 2.06. The fraction of sp³-hybridized carbons (Fsp3) is 0.647. The molecule has 0 aliphatic rings. The zero-order valence-electron chi connectivity index (χ0n) is 12.7. The minimum Gasteiger partial charge on any atom is -0.491 e. The van der Waals surface area contributed by atoms with Gasteiger partial charge in [0, 0.05) is 0 Å². The Kier molecular flexibility index (Phi) is 8.31. The third kappa shape index (κ3) is 7.89. The Morgan fingerprint density at radius 2 is 1.74 bits per heavy atom. The van der Waals surface area contributed by atoms with Crippen LogP contribution < -0.4 is 10.1 Å². The molecule has 1 aromatic carbocycles. The second-order valence-electron chi connectivity index (χ2n) is 5.37. The molecule has 2 heteroatoms. The lowest BCUT2D eigenvalue weighted by molar-refractivity contribution is 0.242. The smallest absolute Gasteiger partial charge is 0.119 e. The summed E-state index contributed by atoms with van der Waals surface area (Å²) < 4.78 is 5.64. The highest BCUT2D eigenvalue weighted by atomic mass is 16.5. The number of hydrogen-bond donors (Lipinski definition) is 1. The van der Waals surface area contributed by atoms with Crippen LogP contribution >= 0.6 is 0 Å². The maximum absolute atomic E-state index is 5.64. The molecule has 2 nitrogen and oxygen atoms in total. The zero-order valence-corrected chi connectivity index (χ0v) is 12.7. The van der Waals surface area contributed by atoms with E-state index in [0.717, 1.165) is 18.8 Å². The first-order valence-corrected chi connectivity index (χ1v) is 7.68. The van der Waals surface area contributed by atoms with Gasteiger partial charge in [-0.3, -0.25) is 0 Å². The highest BCUT2D eigenvalue weighted by molar-refractivity contribution is 5.27. The summed E-state index contributed by atoms with van der Waals surface area (Å²) in [5.41, 5.74) is 1.41. The molecule has 0 saturated heterocycles. The third-order valence-corrected chi connectivity index (χ3v) is 3.04. The van der Waals surface area contributed by atoms with Gasteiger partial charge < -0.3 is 10.1 Å². The van der Waals surface area contributed by atoms with Gasteiger partial charge in [0.2, 0.25) is 0 Å². The Balaban J connectivity index is 2.12. The molecular weight excluding hydrogens is 234 g/mol. The Morgan fingerprint density at radius 3 is 2.37 bits per heavy atom. The normalized spacial score (nSPS) is 10.9. The molecule has 0 fully saturated rings. The molecule has 19 heavy (non-hydrogen) atoms. The van der Waals surface area contributed by atoms with E-state index in [-0.39, 0.29) is 6.10 Å². The number of ether oxygens (including phenoxy) is 1. The van der Waals surface area contributed by atoms with Crippen molar-refractivity contribution < 1.29 is 4.74 Å². The van der Waals surface area contributed by atoms with Crippen molar-refractivity contribution in [2.24, 2.45) is 0 Å². The van der Waals surface area contributed by atoms with Crippen LogP contribution in [0.15, 0.2) is 24.3 Å². The molecular formula is C17H29NO. The fourth-order valence-electron chi connectivity index (χ4n) is 2.06. The molecule has 0 unspecified atom stereocenters. The highest BCUT2D eigenvalue weighted by Gasteiger charge is 1.98. The molecule has 0 amide bonds. The minimum absolute atomic E-state index is 0.251. The van der Waals surface area contributed by atoms with Crippen LogP contribution in [0.3, 0.4) is 0 Å². The van der Waals surface area contributed by atoms with Crippen LogP contribution in [0.4, 0.5) is 0 Å². The van der Waals surface area contributed by atoms with Gasteiger partial charge in [-0.15, -0.1) is 0 Å². The molecule has 0 spiro atoms. The van der Waals surface area contributed by atoms with Gasteiger partial charge in [0.15, 0.2) is 0 Å². The monoisotopic (exact) mass is 263 g/mol. The van der Waals surface area contributed by atoms with E-state index in [2.05, 4.69) is 50.4 Å². The van der Waals surface area contributed by atoms with Gasteiger partial charge in [-0.2, -0.15) is 0 Å². The molecule has 0 aromatic heterocycles. The maximum atomic E-state index is 5.64. The van der Waals surface area contributed by atoms with Crippen molar-refractivity contribution in [3.63, 3.8) is 0 Å². The van der Waals surface area contributed by atoms with Crippen LogP contribution in [0.5, 0.6) is 5.75 Å². The topological polar surface area (TPSA) is 21.3 Å². The second kappa shape index (κ2) is 9.85. The van der Waals surface area contributed by atoms with Gasteiger partial charge in [-0.05, 0) is 70.3 Å². The molecule has 1 rings (SSSR count). The number of nitrogens with one attached hydrogen (secondary N) is 1. The predicted molar refractivity (Wildman–Crippen MR) is 82.9 cm³/mol. The van der Waals surface area contributed by atoms with Crippen molar-refractivity contribution in [3.05, 3.63) is 29.8 Å². The Labute approximate surface area is 118 Å². The average Bonchev–Trinajstić information content (AvgIpc) is 2.39. The van der Waals surface area contributed by atoms with Gasteiger partial charge in [0.1, 0.15) is 5.75 Å². The summed E-state index contributed by atoms with van der Waals surface area (Å²) in [5.74, 6) is 0.975. The van der Waals surface area contributed by atoms with Gasteiger partial charge >= 0.3 is 0 Å². The summed E-state index contributed by atoms with van der Waals surface area (Å²) in [6.07, 6.45) is 6.52. The summed E-state index contributed by atoms with van der Waals surface area (Å²) >= 11 is 0. The third-order valence-electron chi connectivity index (χ3n) is 3.04. The van der Waals surface area contributed by atoms with Gasteiger partial charge in [0.25, 0.3) is 0 Å². The van der Waals surface area contributed by atoms with Crippen molar-refractivity contribution in [2.75, 3.05) is 13.1 Å². The van der Waals surface area contributed by atoms with E-state index >= 15 is 0 Å². The summed E-state index contributed by atoms with van der Waals surface area (Å²) in [5, 5.41) is 3.44. The average molecular weight is 263 g/mol. The lowest BCUT2D eigenvalue weighted by atomic mass is 10.1. The molecule has 0 atom stereocenters. The zero-order chi connectivity index (χ0) is 13.9. The molecule has 0 aliphatic heterocycles. The number of rotatable bonds is 10. The number of benzene rings is 1. The lowest BCUT2D eigenvalue weighted by Gasteiger charge is -2.10. The van der Waals surface area contributed by atoms with Crippen molar-refractivity contribution in [1.29, 1.82) is 0 Å². The van der Waals surface area contributed by atoms with E-state index in [1.165, 1.54) is 37.7 Å². The number of hydrogen-bond acceptors (Lipinski definition) is 2. The Bertz CT molecular complexity index is 319. The first kappa shape index (κ1) is 16.0. The highest BCUT2D eigenvalue weighted by Crippen LogP contribution is 2.15. The summed E-state index contributed by atoms with van der Waals surface area (Å²) in [6.45, 7) is 8.63. The van der Waals surface area contributed by atoms with E-state index in [1.54, 1.807) is 0 Å². The Hall–Kier alpha value is -1.02. The number of unbranched alkanes of at least 4 members (excludes halogenated alkanes) is 2. The SMILES string of the molecule is CCCNCCCCCc1ccc(OC(C)C)cc1. The van der Waals surface area contributed by atoms with Gasteiger partial charge in [-0.25, -0.2) is 0 Å². The van der Waals surface area contributed by atoms with Crippen LogP contribution in [-0.4, -0.2) is 19.2 Å². The summed E-state index contributed by atoms with van der Waals surface area (Å²) in [7, 11) is 0. The van der Waals surface area contributed by atoms with E-state index in [4.69, 9.17) is 4.74 Å². The summed E-state index contributed by atoms with van der Waals surface area (Å²) in [6, 6.07) is 8.54. The Morgan fingerprint density at radius 1 is 1.00 bits per heavy atom. The van der Waals surface area contributed by atoms with Crippen LogP contribution in [0, 0.1) is 0 Å². The molecule has 1 aromatic rings. The molecule has 108 valence electrons.